The van der Waals surface area contributed by atoms with Crippen molar-refractivity contribution in [3.8, 4) is 5.75 Å². The molecule has 174 valence electrons. The minimum Gasteiger partial charge on any atom is -0.465 e. The Morgan fingerprint density at radius 2 is 1.55 bits per heavy atom. The van der Waals surface area contributed by atoms with Crippen LogP contribution in [0.4, 0.5) is 0 Å². The van der Waals surface area contributed by atoms with Crippen molar-refractivity contribution in [3.63, 3.8) is 0 Å². The molecular formula is C29H46O2. The van der Waals surface area contributed by atoms with E-state index in [0.29, 0.717) is 23.4 Å². The quantitative estimate of drug-likeness (QED) is 0.390. The summed E-state index contributed by atoms with van der Waals surface area (Å²) in [5, 5.41) is 0. The molecular weight excluding hydrogens is 380 g/mol. The Labute approximate surface area is 191 Å². The van der Waals surface area contributed by atoms with Crippen LogP contribution in [0.3, 0.4) is 0 Å². The van der Waals surface area contributed by atoms with Gasteiger partial charge in [0.1, 0.15) is 5.75 Å². The molecule has 5 rings (SSSR count). The van der Waals surface area contributed by atoms with Crippen molar-refractivity contribution in [1.82, 2.24) is 0 Å². The second-order valence-corrected chi connectivity index (χ2v) is 13.4. The van der Waals surface area contributed by atoms with E-state index < -0.39 is 0 Å². The Kier molecular flexibility index (Phi) is 6.27. The van der Waals surface area contributed by atoms with Gasteiger partial charge in [-0.3, -0.25) is 0 Å². The van der Waals surface area contributed by atoms with Gasteiger partial charge in [-0.2, -0.15) is 0 Å². The van der Waals surface area contributed by atoms with E-state index >= 15 is 0 Å². The molecule has 2 heteroatoms. The summed E-state index contributed by atoms with van der Waals surface area (Å²) >= 11 is 0. The molecule has 0 aliphatic heterocycles. The van der Waals surface area contributed by atoms with Gasteiger partial charge >= 0.3 is 0 Å². The van der Waals surface area contributed by atoms with E-state index in [1.165, 1.54) is 44.1 Å². The fourth-order valence-electron chi connectivity index (χ4n) is 7.42. The highest BCUT2D eigenvalue weighted by molar-refractivity contribution is 5.31. The third-order valence-electron chi connectivity index (χ3n) is 8.50. The molecule has 1 aromatic carbocycles. The first-order chi connectivity index (χ1) is 14.5. The van der Waals surface area contributed by atoms with Crippen molar-refractivity contribution in [1.29, 1.82) is 0 Å². The zero-order valence-corrected chi connectivity index (χ0v) is 21.2. The minimum absolute atomic E-state index is 0.109. The Morgan fingerprint density at radius 3 is 2.06 bits per heavy atom. The standard InChI is InChI=1S/C29H46O2/c1-8-30-26(19-29-16-20-13-21(17-29)15-23(29)14-20)31-24-11-9-22(10-12-24)25(28(5,6)7)18-27(2,3)4/h9-12,20-21,23,25-26H,8,13-19H2,1-7H3. The Hall–Kier alpha value is -1.02. The monoisotopic (exact) mass is 426 g/mol. The molecule has 4 saturated carbocycles. The molecule has 4 bridgehead atoms. The Bertz CT molecular complexity index is 721. The first-order valence-electron chi connectivity index (χ1n) is 12.9. The van der Waals surface area contributed by atoms with Gasteiger partial charge < -0.3 is 9.47 Å². The zero-order valence-electron chi connectivity index (χ0n) is 21.2. The van der Waals surface area contributed by atoms with Crippen LogP contribution in [0.1, 0.15) is 105 Å². The van der Waals surface area contributed by atoms with Crippen LogP contribution in [-0.2, 0) is 4.74 Å². The van der Waals surface area contributed by atoms with E-state index in [9.17, 15) is 0 Å². The maximum absolute atomic E-state index is 6.47. The van der Waals surface area contributed by atoms with Gasteiger partial charge in [0.2, 0.25) is 0 Å². The molecule has 0 spiro atoms. The lowest BCUT2D eigenvalue weighted by molar-refractivity contribution is -0.106. The van der Waals surface area contributed by atoms with Crippen LogP contribution in [0, 0.1) is 34.0 Å². The summed E-state index contributed by atoms with van der Waals surface area (Å²) in [6.45, 7) is 16.9. The second-order valence-electron chi connectivity index (χ2n) is 13.4. The largest absolute Gasteiger partial charge is 0.465 e. The number of hydrogen-bond donors (Lipinski definition) is 0. The molecule has 4 aliphatic rings. The van der Waals surface area contributed by atoms with Gasteiger partial charge in [-0.25, -0.2) is 0 Å². The fourth-order valence-corrected chi connectivity index (χ4v) is 7.42. The van der Waals surface area contributed by atoms with E-state index in [-0.39, 0.29) is 11.7 Å². The van der Waals surface area contributed by atoms with Crippen LogP contribution in [0.25, 0.3) is 0 Å². The first kappa shape index (κ1) is 23.1. The lowest BCUT2D eigenvalue weighted by Gasteiger charge is -2.36. The van der Waals surface area contributed by atoms with Crippen LogP contribution >= 0.6 is 0 Å². The average molecular weight is 427 g/mol. The lowest BCUT2D eigenvalue weighted by Crippen LogP contribution is -2.33. The van der Waals surface area contributed by atoms with Crippen molar-refractivity contribution in [2.45, 2.75) is 106 Å². The highest BCUT2D eigenvalue weighted by Crippen LogP contribution is 2.67. The van der Waals surface area contributed by atoms with Gasteiger partial charge in [0.25, 0.3) is 0 Å². The summed E-state index contributed by atoms with van der Waals surface area (Å²) in [4.78, 5) is 0. The van der Waals surface area contributed by atoms with Gasteiger partial charge in [-0.15, -0.1) is 0 Å². The van der Waals surface area contributed by atoms with Gasteiger partial charge in [0.05, 0.1) is 0 Å². The van der Waals surface area contributed by atoms with E-state index in [0.717, 1.165) is 29.9 Å². The molecule has 0 amide bonds. The third-order valence-corrected chi connectivity index (χ3v) is 8.50. The number of hydrogen-bond acceptors (Lipinski definition) is 2. The zero-order chi connectivity index (χ0) is 22.4. The number of ether oxygens (including phenoxy) is 2. The predicted octanol–water partition coefficient (Wildman–Crippen LogP) is 8.21. The van der Waals surface area contributed by atoms with E-state index in [1.807, 2.05) is 0 Å². The van der Waals surface area contributed by atoms with Crippen LogP contribution in [0.2, 0.25) is 0 Å². The topological polar surface area (TPSA) is 18.5 Å². The predicted molar refractivity (Wildman–Crippen MR) is 129 cm³/mol. The van der Waals surface area contributed by atoms with E-state index in [2.05, 4.69) is 72.7 Å². The summed E-state index contributed by atoms with van der Waals surface area (Å²) in [5.41, 5.74) is 2.47. The summed E-state index contributed by atoms with van der Waals surface area (Å²) in [7, 11) is 0. The van der Waals surface area contributed by atoms with E-state index in [1.54, 1.807) is 0 Å². The smallest absolute Gasteiger partial charge is 0.200 e. The molecule has 0 radical (unpaired) electrons. The van der Waals surface area contributed by atoms with Crippen LogP contribution in [-0.4, -0.2) is 12.9 Å². The SMILES string of the molecule is CCOC(CC12CC3CC(CC1C3)C2)Oc1ccc(C(CC(C)(C)C)C(C)(C)C)cc1. The Morgan fingerprint density at radius 1 is 0.935 bits per heavy atom. The van der Waals surface area contributed by atoms with Crippen molar-refractivity contribution < 1.29 is 9.47 Å². The van der Waals surface area contributed by atoms with Crippen LogP contribution < -0.4 is 4.74 Å². The number of benzene rings is 1. The van der Waals surface area contributed by atoms with Gasteiger partial charge in [-0.05, 0) is 103 Å². The maximum atomic E-state index is 6.47. The van der Waals surface area contributed by atoms with Crippen molar-refractivity contribution in [2.24, 2.45) is 34.0 Å². The van der Waals surface area contributed by atoms with Gasteiger partial charge in [-0.1, -0.05) is 53.7 Å². The second kappa shape index (κ2) is 8.40. The molecule has 4 fully saturated rings. The molecule has 0 saturated heterocycles. The van der Waals surface area contributed by atoms with Crippen LogP contribution in [0.5, 0.6) is 5.75 Å². The summed E-state index contributed by atoms with van der Waals surface area (Å²) in [6, 6.07) is 8.94. The molecule has 4 atom stereocenters. The van der Waals surface area contributed by atoms with Crippen molar-refractivity contribution in [2.75, 3.05) is 6.61 Å². The normalized spacial score (nSPS) is 31.8. The summed E-state index contributed by atoms with van der Waals surface area (Å²) < 4.78 is 12.6. The average Bonchev–Trinajstić information content (AvgIpc) is 3.02. The lowest BCUT2D eigenvalue weighted by atomic mass is 9.69. The van der Waals surface area contributed by atoms with Crippen molar-refractivity contribution in [3.05, 3.63) is 29.8 Å². The fraction of sp³-hybridized carbons (Fsp3) is 0.793. The van der Waals surface area contributed by atoms with E-state index in [4.69, 9.17) is 9.47 Å². The van der Waals surface area contributed by atoms with Gasteiger partial charge in [0, 0.05) is 13.0 Å². The molecule has 4 aliphatic carbocycles. The molecule has 0 N–H and O–H groups in total. The number of rotatable bonds is 8. The first-order valence-corrected chi connectivity index (χ1v) is 12.9. The van der Waals surface area contributed by atoms with Crippen molar-refractivity contribution >= 4 is 0 Å². The van der Waals surface area contributed by atoms with Crippen LogP contribution in [0.15, 0.2) is 24.3 Å². The molecule has 2 nitrogen and oxygen atoms in total. The highest BCUT2D eigenvalue weighted by Gasteiger charge is 2.58. The maximum Gasteiger partial charge on any atom is 0.200 e. The summed E-state index contributed by atoms with van der Waals surface area (Å²) in [5.74, 6) is 4.38. The minimum atomic E-state index is -0.109. The molecule has 1 aromatic rings. The van der Waals surface area contributed by atoms with Gasteiger partial charge in [0.15, 0.2) is 6.29 Å². The molecule has 0 aromatic heterocycles. The molecule has 4 unspecified atom stereocenters. The molecule has 31 heavy (non-hydrogen) atoms. The third kappa shape index (κ3) is 5.15. The highest BCUT2D eigenvalue weighted by atomic mass is 16.7. The Balaban J connectivity index is 1.45. The molecule has 0 heterocycles. The summed E-state index contributed by atoms with van der Waals surface area (Å²) in [6.07, 6.45) is 9.41.